The van der Waals surface area contributed by atoms with Crippen LogP contribution in [-0.4, -0.2) is 21.6 Å². The number of fused-ring (bicyclic) bond motifs is 1. The van der Waals surface area contributed by atoms with Gasteiger partial charge >= 0.3 is 0 Å². The molecular formula is C13H20N4. The van der Waals surface area contributed by atoms with E-state index in [-0.39, 0.29) is 6.04 Å². The van der Waals surface area contributed by atoms with Crippen LogP contribution in [0, 0.1) is 0 Å². The Hall–Kier alpha value is -1.42. The minimum Gasteiger partial charge on any atom is -0.310 e. The number of nitrogens with one attached hydrogen (secondary N) is 1. The smallest absolute Gasteiger partial charge is 0.160 e. The maximum Gasteiger partial charge on any atom is 0.160 e. The van der Waals surface area contributed by atoms with Crippen LogP contribution in [0.1, 0.15) is 45.1 Å². The third-order valence-corrected chi connectivity index (χ3v) is 3.06. The van der Waals surface area contributed by atoms with E-state index in [2.05, 4.69) is 35.6 Å². The lowest BCUT2D eigenvalue weighted by atomic mass is 10.2. The summed E-state index contributed by atoms with van der Waals surface area (Å²) in [5, 5.41) is 3.31. The van der Waals surface area contributed by atoms with Crippen molar-refractivity contribution in [2.24, 2.45) is 0 Å². The first kappa shape index (κ1) is 12.0. The number of nitrogens with zero attached hydrogens (tertiary/aromatic N) is 3. The van der Waals surface area contributed by atoms with Crippen LogP contribution in [-0.2, 0) is 0 Å². The zero-order valence-corrected chi connectivity index (χ0v) is 10.9. The maximum atomic E-state index is 4.71. The number of imidazole rings is 1. The van der Waals surface area contributed by atoms with Crippen LogP contribution >= 0.6 is 0 Å². The van der Waals surface area contributed by atoms with E-state index < -0.39 is 0 Å². The Morgan fingerprint density at radius 2 is 2.18 bits per heavy atom. The van der Waals surface area contributed by atoms with Crippen LogP contribution in [0.2, 0.25) is 0 Å². The van der Waals surface area contributed by atoms with Crippen molar-refractivity contribution in [3.8, 4) is 0 Å². The molecule has 2 heterocycles. The summed E-state index contributed by atoms with van der Waals surface area (Å²) < 4.78 is 2.22. The van der Waals surface area contributed by atoms with Gasteiger partial charge in [-0.05, 0) is 39.4 Å². The first-order chi connectivity index (χ1) is 8.19. The highest BCUT2D eigenvalue weighted by Gasteiger charge is 2.19. The highest BCUT2D eigenvalue weighted by Crippen LogP contribution is 2.24. The number of hydrogen-bond acceptors (Lipinski definition) is 3. The topological polar surface area (TPSA) is 42.7 Å². The van der Waals surface area contributed by atoms with Crippen molar-refractivity contribution in [2.75, 3.05) is 7.05 Å². The van der Waals surface area contributed by atoms with Crippen molar-refractivity contribution in [3.63, 3.8) is 0 Å². The number of hydrogen-bond donors (Lipinski definition) is 1. The van der Waals surface area contributed by atoms with Crippen LogP contribution in [0.15, 0.2) is 18.3 Å². The highest BCUT2D eigenvalue weighted by molar-refractivity contribution is 5.71. The quantitative estimate of drug-likeness (QED) is 0.881. The predicted molar refractivity (Wildman–Crippen MR) is 70.0 cm³/mol. The zero-order valence-electron chi connectivity index (χ0n) is 10.9. The normalized spacial score (nSPS) is 13.5. The van der Waals surface area contributed by atoms with Crippen molar-refractivity contribution in [3.05, 3.63) is 24.2 Å². The lowest BCUT2D eigenvalue weighted by Gasteiger charge is -2.18. The predicted octanol–water partition coefficient (Wildman–Crippen LogP) is 2.68. The van der Waals surface area contributed by atoms with Crippen molar-refractivity contribution in [1.29, 1.82) is 0 Å². The van der Waals surface area contributed by atoms with Gasteiger partial charge < -0.3 is 9.88 Å². The van der Waals surface area contributed by atoms with Crippen molar-refractivity contribution in [2.45, 2.75) is 39.3 Å². The third-order valence-electron chi connectivity index (χ3n) is 3.06. The molecule has 4 heteroatoms. The average Bonchev–Trinajstić information content (AvgIpc) is 2.69. The summed E-state index contributed by atoms with van der Waals surface area (Å²) in [6.07, 6.45) is 2.85. The standard InChI is InChI=1S/C13H20N4/c1-5-10(14-4)13-16-11-7-6-8-15-12(11)17(13)9(2)3/h6-10,14H,5H2,1-4H3. The number of aromatic nitrogens is 3. The van der Waals surface area contributed by atoms with Crippen molar-refractivity contribution in [1.82, 2.24) is 19.9 Å². The molecule has 2 rings (SSSR count). The van der Waals surface area contributed by atoms with E-state index >= 15 is 0 Å². The van der Waals surface area contributed by atoms with Gasteiger partial charge in [0.15, 0.2) is 5.65 Å². The minimum atomic E-state index is 0.284. The van der Waals surface area contributed by atoms with Gasteiger partial charge in [0.05, 0.1) is 6.04 Å². The molecule has 92 valence electrons. The molecule has 0 aliphatic heterocycles. The third kappa shape index (κ3) is 2.05. The highest BCUT2D eigenvalue weighted by atomic mass is 15.2. The molecule has 1 atom stereocenters. The fourth-order valence-corrected chi connectivity index (χ4v) is 2.22. The molecule has 2 aromatic heterocycles. The van der Waals surface area contributed by atoms with Gasteiger partial charge in [-0.3, -0.25) is 0 Å². The summed E-state index contributed by atoms with van der Waals surface area (Å²) in [6.45, 7) is 6.50. The van der Waals surface area contributed by atoms with Crippen molar-refractivity contribution < 1.29 is 0 Å². The lowest BCUT2D eigenvalue weighted by Crippen LogP contribution is -2.21. The van der Waals surface area contributed by atoms with Gasteiger partial charge in [-0.25, -0.2) is 9.97 Å². The Morgan fingerprint density at radius 1 is 1.41 bits per heavy atom. The molecule has 4 nitrogen and oxygen atoms in total. The van der Waals surface area contributed by atoms with Crippen molar-refractivity contribution >= 4 is 11.2 Å². The maximum absolute atomic E-state index is 4.71. The van der Waals surface area contributed by atoms with Crippen LogP contribution in [0.25, 0.3) is 11.2 Å². The Balaban J connectivity index is 2.65. The van der Waals surface area contributed by atoms with Crippen LogP contribution in [0.3, 0.4) is 0 Å². The van der Waals surface area contributed by atoms with Gasteiger partial charge in [0.25, 0.3) is 0 Å². The van der Waals surface area contributed by atoms with Crippen LogP contribution < -0.4 is 5.32 Å². The SMILES string of the molecule is CCC(NC)c1nc2cccnc2n1C(C)C. The number of rotatable bonds is 4. The molecule has 0 amide bonds. The fourth-order valence-electron chi connectivity index (χ4n) is 2.22. The Bertz CT molecular complexity index is 497. The molecule has 0 aliphatic rings. The molecule has 0 spiro atoms. The first-order valence-corrected chi connectivity index (χ1v) is 6.19. The van der Waals surface area contributed by atoms with E-state index in [4.69, 9.17) is 4.98 Å². The second-order valence-corrected chi connectivity index (χ2v) is 4.53. The van der Waals surface area contributed by atoms with E-state index in [9.17, 15) is 0 Å². The second kappa shape index (κ2) is 4.84. The Kier molecular flexibility index (Phi) is 3.43. The monoisotopic (exact) mass is 232 g/mol. The van der Waals surface area contributed by atoms with Gasteiger partial charge in [0, 0.05) is 12.2 Å². The Labute approximate surface area is 102 Å². The molecule has 1 unspecified atom stereocenters. The summed E-state index contributed by atoms with van der Waals surface area (Å²) in [6, 6.07) is 4.61. The van der Waals surface area contributed by atoms with E-state index in [1.54, 1.807) is 0 Å². The van der Waals surface area contributed by atoms with Crippen LogP contribution in [0.4, 0.5) is 0 Å². The summed E-state index contributed by atoms with van der Waals surface area (Å²) in [4.78, 5) is 9.16. The van der Waals surface area contributed by atoms with E-state index in [1.807, 2.05) is 25.4 Å². The average molecular weight is 232 g/mol. The lowest BCUT2D eigenvalue weighted by molar-refractivity contribution is 0.485. The zero-order chi connectivity index (χ0) is 12.4. The van der Waals surface area contributed by atoms with Gasteiger partial charge in [0.2, 0.25) is 0 Å². The molecule has 2 aromatic rings. The molecule has 1 N–H and O–H groups in total. The largest absolute Gasteiger partial charge is 0.310 e. The molecule has 0 aliphatic carbocycles. The Morgan fingerprint density at radius 3 is 2.76 bits per heavy atom. The number of pyridine rings is 1. The molecule has 0 radical (unpaired) electrons. The summed E-state index contributed by atoms with van der Waals surface area (Å²) in [7, 11) is 1.98. The molecule has 0 saturated heterocycles. The van der Waals surface area contributed by atoms with Crippen LogP contribution in [0.5, 0.6) is 0 Å². The van der Waals surface area contributed by atoms with E-state index in [1.165, 1.54) is 0 Å². The van der Waals surface area contributed by atoms with Gasteiger partial charge in [0.1, 0.15) is 11.3 Å². The second-order valence-electron chi connectivity index (χ2n) is 4.53. The van der Waals surface area contributed by atoms with E-state index in [0.29, 0.717) is 6.04 Å². The molecule has 0 bridgehead atoms. The molecule has 0 saturated carbocycles. The molecule has 0 aromatic carbocycles. The fraction of sp³-hybridized carbons (Fsp3) is 0.538. The van der Waals surface area contributed by atoms with Gasteiger partial charge in [-0.2, -0.15) is 0 Å². The van der Waals surface area contributed by atoms with E-state index in [0.717, 1.165) is 23.4 Å². The summed E-state index contributed by atoms with van der Waals surface area (Å²) in [5.74, 6) is 1.08. The summed E-state index contributed by atoms with van der Waals surface area (Å²) in [5.41, 5.74) is 1.95. The van der Waals surface area contributed by atoms with Gasteiger partial charge in [-0.15, -0.1) is 0 Å². The van der Waals surface area contributed by atoms with Gasteiger partial charge in [-0.1, -0.05) is 6.92 Å². The molecule has 17 heavy (non-hydrogen) atoms. The molecule has 0 fully saturated rings. The minimum absolute atomic E-state index is 0.284. The summed E-state index contributed by atoms with van der Waals surface area (Å²) >= 11 is 0. The first-order valence-electron chi connectivity index (χ1n) is 6.19. The molecular weight excluding hydrogens is 212 g/mol.